The Bertz CT molecular complexity index is 730. The Labute approximate surface area is 147 Å². The van der Waals surface area contributed by atoms with E-state index in [0.29, 0.717) is 12.1 Å². The van der Waals surface area contributed by atoms with Gasteiger partial charge in [0.25, 0.3) is 0 Å². The molecular weight excluding hydrogens is 321 g/mol. The minimum absolute atomic E-state index is 0.113. The molecule has 0 bridgehead atoms. The zero-order valence-corrected chi connectivity index (χ0v) is 14.8. The Morgan fingerprint density at radius 3 is 2.64 bits per heavy atom. The standard InChI is InChI=1S/C20H24FNO3/c1-20(2,15-7-5-9-17(11-15)25-3)13-22-19(24)12-18(23)14-6-4-8-16(21)10-14/h4-11,18,23H,12-13H2,1-3H3,(H,22,24). The van der Waals surface area contributed by atoms with Crippen LogP contribution >= 0.6 is 0 Å². The highest BCUT2D eigenvalue weighted by Crippen LogP contribution is 2.26. The molecule has 2 N–H and O–H groups in total. The van der Waals surface area contributed by atoms with Crippen molar-refractivity contribution in [2.45, 2.75) is 31.8 Å². The Balaban J connectivity index is 1.94. The maximum Gasteiger partial charge on any atom is 0.222 e. The van der Waals surface area contributed by atoms with Crippen molar-refractivity contribution in [2.75, 3.05) is 13.7 Å². The second-order valence-corrected chi connectivity index (χ2v) is 6.67. The predicted molar refractivity (Wildman–Crippen MR) is 95.0 cm³/mol. The van der Waals surface area contributed by atoms with Crippen molar-refractivity contribution in [3.05, 3.63) is 65.5 Å². The molecule has 0 spiro atoms. The highest BCUT2D eigenvalue weighted by Gasteiger charge is 2.23. The predicted octanol–water partition coefficient (Wildman–Crippen LogP) is 3.35. The fourth-order valence-corrected chi connectivity index (χ4v) is 2.55. The van der Waals surface area contributed by atoms with Crippen molar-refractivity contribution in [1.29, 1.82) is 0 Å². The van der Waals surface area contributed by atoms with Crippen molar-refractivity contribution in [3.63, 3.8) is 0 Å². The number of carbonyl (C=O) groups is 1. The Kier molecular flexibility index (Phi) is 6.15. The molecule has 0 fully saturated rings. The molecule has 2 rings (SSSR count). The Hall–Kier alpha value is -2.40. The van der Waals surface area contributed by atoms with Crippen LogP contribution in [0.2, 0.25) is 0 Å². The van der Waals surface area contributed by atoms with Crippen LogP contribution in [0.3, 0.4) is 0 Å². The van der Waals surface area contributed by atoms with Gasteiger partial charge in [-0.1, -0.05) is 38.1 Å². The lowest BCUT2D eigenvalue weighted by Gasteiger charge is -2.26. The number of methoxy groups -OCH3 is 1. The van der Waals surface area contributed by atoms with E-state index in [0.717, 1.165) is 11.3 Å². The minimum Gasteiger partial charge on any atom is -0.497 e. The number of benzene rings is 2. The quantitative estimate of drug-likeness (QED) is 0.809. The molecule has 2 aromatic rings. The van der Waals surface area contributed by atoms with Crippen LogP contribution in [0.25, 0.3) is 0 Å². The van der Waals surface area contributed by atoms with Crippen LogP contribution in [0.5, 0.6) is 5.75 Å². The van der Waals surface area contributed by atoms with Crippen molar-refractivity contribution in [2.24, 2.45) is 0 Å². The molecule has 25 heavy (non-hydrogen) atoms. The Morgan fingerprint density at radius 1 is 1.24 bits per heavy atom. The molecule has 0 saturated heterocycles. The molecule has 5 heteroatoms. The van der Waals surface area contributed by atoms with Crippen molar-refractivity contribution in [1.82, 2.24) is 5.32 Å². The average molecular weight is 345 g/mol. The number of hydrogen-bond donors (Lipinski definition) is 2. The van der Waals surface area contributed by atoms with Crippen molar-refractivity contribution in [3.8, 4) is 5.75 Å². The van der Waals surface area contributed by atoms with Gasteiger partial charge < -0.3 is 15.2 Å². The highest BCUT2D eigenvalue weighted by atomic mass is 19.1. The molecule has 0 aliphatic rings. The largest absolute Gasteiger partial charge is 0.497 e. The van der Waals surface area contributed by atoms with E-state index in [4.69, 9.17) is 4.74 Å². The molecule has 1 amide bonds. The second-order valence-electron chi connectivity index (χ2n) is 6.67. The lowest BCUT2D eigenvalue weighted by atomic mass is 9.84. The molecule has 1 unspecified atom stereocenters. The lowest BCUT2D eigenvalue weighted by molar-refractivity contribution is -0.123. The zero-order valence-electron chi connectivity index (χ0n) is 14.8. The van der Waals surface area contributed by atoms with Gasteiger partial charge >= 0.3 is 0 Å². The first kappa shape index (κ1) is 18.9. The molecule has 4 nitrogen and oxygen atoms in total. The lowest BCUT2D eigenvalue weighted by Crippen LogP contribution is -2.37. The van der Waals surface area contributed by atoms with E-state index in [9.17, 15) is 14.3 Å². The van der Waals surface area contributed by atoms with E-state index in [1.54, 1.807) is 13.2 Å². The van der Waals surface area contributed by atoms with E-state index in [1.165, 1.54) is 18.2 Å². The number of aliphatic hydroxyl groups excluding tert-OH is 1. The van der Waals surface area contributed by atoms with Crippen LogP contribution in [-0.4, -0.2) is 24.7 Å². The molecule has 0 aliphatic carbocycles. The third-order valence-corrected chi connectivity index (χ3v) is 4.19. The second kappa shape index (κ2) is 8.12. The van der Waals surface area contributed by atoms with Gasteiger partial charge in [0.1, 0.15) is 11.6 Å². The summed E-state index contributed by atoms with van der Waals surface area (Å²) in [5.41, 5.74) is 1.13. The van der Waals surface area contributed by atoms with Gasteiger partial charge in [0.05, 0.1) is 19.6 Å². The van der Waals surface area contributed by atoms with Gasteiger partial charge in [-0.05, 0) is 35.4 Å². The van der Waals surface area contributed by atoms with Gasteiger partial charge in [0.15, 0.2) is 0 Å². The molecule has 0 saturated carbocycles. The summed E-state index contributed by atoms with van der Waals surface area (Å²) in [4.78, 5) is 12.1. The monoisotopic (exact) mass is 345 g/mol. The molecular formula is C20H24FNO3. The minimum atomic E-state index is -1.03. The van der Waals surface area contributed by atoms with E-state index >= 15 is 0 Å². The van der Waals surface area contributed by atoms with Gasteiger partial charge in [-0.25, -0.2) is 4.39 Å². The molecule has 134 valence electrons. The van der Waals surface area contributed by atoms with Crippen LogP contribution in [0, 0.1) is 5.82 Å². The van der Waals surface area contributed by atoms with E-state index in [2.05, 4.69) is 5.32 Å². The first-order chi connectivity index (χ1) is 11.8. The summed E-state index contributed by atoms with van der Waals surface area (Å²) >= 11 is 0. The maximum absolute atomic E-state index is 13.2. The summed E-state index contributed by atoms with van der Waals surface area (Å²) in [5, 5.41) is 12.9. The molecule has 1 atom stereocenters. The molecule has 0 aliphatic heterocycles. The topological polar surface area (TPSA) is 58.6 Å². The van der Waals surface area contributed by atoms with Gasteiger partial charge in [-0.15, -0.1) is 0 Å². The van der Waals surface area contributed by atoms with Crippen LogP contribution in [-0.2, 0) is 10.2 Å². The fourth-order valence-electron chi connectivity index (χ4n) is 2.55. The van der Waals surface area contributed by atoms with Crippen LogP contribution in [0.4, 0.5) is 4.39 Å². The number of nitrogens with one attached hydrogen (secondary N) is 1. The van der Waals surface area contributed by atoms with E-state index in [1.807, 2.05) is 38.1 Å². The van der Waals surface area contributed by atoms with Gasteiger partial charge in [-0.2, -0.15) is 0 Å². The summed E-state index contributed by atoms with van der Waals surface area (Å²) < 4.78 is 18.4. The third-order valence-electron chi connectivity index (χ3n) is 4.19. The van der Waals surface area contributed by atoms with E-state index < -0.39 is 11.9 Å². The summed E-state index contributed by atoms with van der Waals surface area (Å²) in [6, 6.07) is 13.3. The third kappa shape index (κ3) is 5.29. The number of ether oxygens (including phenoxy) is 1. The normalized spacial score (nSPS) is 12.5. The number of halogens is 1. The fraction of sp³-hybridized carbons (Fsp3) is 0.350. The number of carbonyl (C=O) groups excluding carboxylic acids is 1. The smallest absolute Gasteiger partial charge is 0.222 e. The van der Waals surface area contributed by atoms with Crippen molar-refractivity contribution < 1.29 is 19.0 Å². The first-order valence-electron chi connectivity index (χ1n) is 8.16. The highest BCUT2D eigenvalue weighted by molar-refractivity contribution is 5.76. The summed E-state index contributed by atoms with van der Waals surface area (Å²) in [5.74, 6) is 0.0438. The van der Waals surface area contributed by atoms with Crippen molar-refractivity contribution >= 4 is 5.91 Å². The van der Waals surface area contributed by atoms with Gasteiger partial charge in [0, 0.05) is 12.0 Å². The van der Waals surface area contributed by atoms with Crippen LogP contribution < -0.4 is 10.1 Å². The van der Waals surface area contributed by atoms with Crippen LogP contribution in [0.1, 0.15) is 37.5 Å². The number of rotatable bonds is 7. The zero-order chi connectivity index (χ0) is 18.4. The first-order valence-corrected chi connectivity index (χ1v) is 8.16. The summed E-state index contributed by atoms with van der Waals surface area (Å²) in [6.45, 7) is 4.45. The maximum atomic E-state index is 13.2. The molecule has 0 radical (unpaired) electrons. The molecule has 0 aromatic heterocycles. The number of hydrogen-bond acceptors (Lipinski definition) is 3. The average Bonchev–Trinajstić information content (AvgIpc) is 2.60. The van der Waals surface area contributed by atoms with Gasteiger partial charge in [0.2, 0.25) is 5.91 Å². The van der Waals surface area contributed by atoms with Gasteiger partial charge in [-0.3, -0.25) is 4.79 Å². The summed E-state index contributed by atoms with van der Waals surface area (Å²) in [7, 11) is 1.61. The Morgan fingerprint density at radius 2 is 1.96 bits per heavy atom. The SMILES string of the molecule is COc1cccc(C(C)(C)CNC(=O)CC(O)c2cccc(F)c2)c1. The number of aliphatic hydroxyl groups is 1. The molecule has 0 heterocycles. The summed E-state index contributed by atoms with van der Waals surface area (Å²) in [6.07, 6.45) is -1.15. The number of amides is 1. The van der Waals surface area contributed by atoms with E-state index in [-0.39, 0.29) is 17.7 Å². The van der Waals surface area contributed by atoms with Crippen LogP contribution in [0.15, 0.2) is 48.5 Å². The molecule has 2 aromatic carbocycles.